The number of hydrogen-bond acceptors (Lipinski definition) is 3. The van der Waals surface area contributed by atoms with Crippen molar-refractivity contribution in [2.45, 2.75) is 44.1 Å². The maximum atomic E-state index is 13.9. The second-order valence-corrected chi connectivity index (χ2v) is 4.13. The van der Waals surface area contributed by atoms with Crippen LogP contribution in [0.25, 0.3) is 0 Å². The van der Waals surface area contributed by atoms with Gasteiger partial charge >= 0.3 is 0 Å². The second-order valence-electron chi connectivity index (χ2n) is 4.13. The van der Waals surface area contributed by atoms with E-state index < -0.39 is 11.5 Å². The van der Waals surface area contributed by atoms with Crippen LogP contribution in [-0.4, -0.2) is 30.5 Å². The summed E-state index contributed by atoms with van der Waals surface area (Å²) in [6.45, 7) is 2.48. The van der Waals surface area contributed by atoms with Crippen molar-refractivity contribution in [3.8, 4) is 0 Å². The third kappa shape index (κ3) is 1.57. The van der Waals surface area contributed by atoms with Gasteiger partial charge in [-0.05, 0) is 19.8 Å². The van der Waals surface area contributed by atoms with Crippen LogP contribution in [0.15, 0.2) is 0 Å². The largest absolute Gasteiger partial charge is 0.348 e. The molecule has 0 aromatic rings. The number of carbonyl (C=O) groups excluding carboxylic acids is 1. The molecule has 80 valence electrons. The average Bonchev–Trinajstić information content (AvgIpc) is 2.60. The van der Waals surface area contributed by atoms with E-state index in [-0.39, 0.29) is 18.6 Å². The Balaban J connectivity index is 2.01. The predicted molar refractivity (Wildman–Crippen MR) is 47.6 cm³/mol. The van der Waals surface area contributed by atoms with Crippen LogP contribution in [0.3, 0.4) is 0 Å². The second kappa shape index (κ2) is 3.28. The van der Waals surface area contributed by atoms with Crippen molar-refractivity contribution >= 4 is 5.78 Å². The van der Waals surface area contributed by atoms with Crippen molar-refractivity contribution in [1.82, 2.24) is 0 Å². The van der Waals surface area contributed by atoms with Crippen LogP contribution in [0.1, 0.15) is 32.6 Å². The van der Waals surface area contributed by atoms with Gasteiger partial charge in [0.25, 0.3) is 0 Å². The zero-order valence-corrected chi connectivity index (χ0v) is 8.35. The van der Waals surface area contributed by atoms with Gasteiger partial charge < -0.3 is 9.47 Å². The van der Waals surface area contributed by atoms with Crippen LogP contribution in [0, 0.1) is 0 Å². The van der Waals surface area contributed by atoms with Gasteiger partial charge in [0, 0.05) is 12.8 Å². The number of Topliss-reactive ketones (excluding diaryl/α,β-unsaturated/α-hetero) is 1. The molecule has 0 amide bonds. The minimum atomic E-state index is -1.64. The Morgan fingerprint density at radius 3 is 2.07 bits per heavy atom. The SMILES string of the molecule is CC(=O)C1(F)CCC2(CC1)OCCO2. The van der Waals surface area contributed by atoms with E-state index in [0.717, 1.165) is 0 Å². The molecule has 1 spiro atoms. The van der Waals surface area contributed by atoms with E-state index in [1.165, 1.54) is 6.92 Å². The fraction of sp³-hybridized carbons (Fsp3) is 0.900. The Hall–Kier alpha value is -0.480. The lowest BCUT2D eigenvalue weighted by atomic mass is 9.80. The van der Waals surface area contributed by atoms with Crippen molar-refractivity contribution in [2.75, 3.05) is 13.2 Å². The molecule has 4 heteroatoms. The molecule has 1 saturated carbocycles. The summed E-state index contributed by atoms with van der Waals surface area (Å²) in [7, 11) is 0. The van der Waals surface area contributed by atoms with Crippen molar-refractivity contribution in [2.24, 2.45) is 0 Å². The Labute approximate surface area is 82.6 Å². The molecule has 14 heavy (non-hydrogen) atoms. The van der Waals surface area contributed by atoms with E-state index in [1.54, 1.807) is 0 Å². The highest BCUT2D eigenvalue weighted by Crippen LogP contribution is 2.42. The van der Waals surface area contributed by atoms with Gasteiger partial charge in [0.1, 0.15) is 0 Å². The van der Waals surface area contributed by atoms with Gasteiger partial charge in [-0.25, -0.2) is 4.39 Å². The molecule has 1 aliphatic carbocycles. The summed E-state index contributed by atoms with van der Waals surface area (Å²) in [5.41, 5.74) is -1.64. The average molecular weight is 202 g/mol. The third-order valence-corrected chi connectivity index (χ3v) is 3.25. The lowest BCUT2D eigenvalue weighted by molar-refractivity contribution is -0.194. The number of rotatable bonds is 1. The fourth-order valence-electron chi connectivity index (χ4n) is 2.16. The standard InChI is InChI=1S/C10H15FO3/c1-8(12)9(11)2-4-10(5-3-9)13-6-7-14-10/h2-7H2,1H3. The maximum Gasteiger partial charge on any atom is 0.168 e. The van der Waals surface area contributed by atoms with E-state index in [9.17, 15) is 9.18 Å². The molecule has 0 aromatic carbocycles. The molecule has 1 saturated heterocycles. The summed E-state index contributed by atoms with van der Waals surface area (Å²) in [6, 6.07) is 0. The lowest BCUT2D eigenvalue weighted by Crippen LogP contribution is -2.44. The van der Waals surface area contributed by atoms with Crippen LogP contribution in [0.5, 0.6) is 0 Å². The number of carbonyl (C=O) groups is 1. The number of ketones is 1. The minimum absolute atomic E-state index is 0.225. The summed E-state index contributed by atoms with van der Waals surface area (Å²) < 4.78 is 24.8. The van der Waals surface area contributed by atoms with Crippen molar-refractivity contribution in [3.05, 3.63) is 0 Å². The van der Waals surface area contributed by atoms with Gasteiger partial charge in [-0.15, -0.1) is 0 Å². The van der Waals surface area contributed by atoms with Gasteiger partial charge in [0.2, 0.25) is 0 Å². The Morgan fingerprint density at radius 1 is 1.14 bits per heavy atom. The van der Waals surface area contributed by atoms with Gasteiger partial charge in [-0.3, -0.25) is 4.79 Å². The molecule has 2 rings (SSSR count). The molecule has 0 atom stereocenters. The monoisotopic (exact) mass is 202 g/mol. The van der Waals surface area contributed by atoms with Crippen LogP contribution < -0.4 is 0 Å². The molecule has 2 aliphatic rings. The smallest absolute Gasteiger partial charge is 0.168 e. The molecule has 2 fully saturated rings. The first kappa shape index (κ1) is 10.1. The van der Waals surface area contributed by atoms with Gasteiger partial charge in [-0.2, -0.15) is 0 Å². The Morgan fingerprint density at radius 2 is 1.64 bits per heavy atom. The summed E-state index contributed by atoms with van der Waals surface area (Å²) in [5.74, 6) is -0.948. The van der Waals surface area contributed by atoms with Crippen LogP contribution in [-0.2, 0) is 14.3 Å². The summed E-state index contributed by atoms with van der Waals surface area (Å²) in [6.07, 6.45) is 1.43. The number of halogens is 1. The quantitative estimate of drug-likeness (QED) is 0.648. The van der Waals surface area contributed by atoms with Crippen molar-refractivity contribution in [1.29, 1.82) is 0 Å². The van der Waals surface area contributed by atoms with E-state index in [0.29, 0.717) is 26.1 Å². The van der Waals surface area contributed by atoms with Crippen LogP contribution in [0.4, 0.5) is 4.39 Å². The van der Waals surface area contributed by atoms with E-state index >= 15 is 0 Å². The summed E-state index contributed by atoms with van der Waals surface area (Å²) >= 11 is 0. The topological polar surface area (TPSA) is 35.5 Å². The summed E-state index contributed by atoms with van der Waals surface area (Å²) in [5, 5.41) is 0. The highest BCUT2D eigenvalue weighted by atomic mass is 19.1. The zero-order chi connectivity index (χ0) is 10.2. The van der Waals surface area contributed by atoms with Gasteiger partial charge in [0.15, 0.2) is 17.2 Å². The van der Waals surface area contributed by atoms with Crippen molar-refractivity contribution < 1.29 is 18.7 Å². The number of ether oxygens (including phenoxy) is 2. The van der Waals surface area contributed by atoms with E-state index in [2.05, 4.69) is 0 Å². The highest BCUT2D eigenvalue weighted by molar-refractivity contribution is 5.84. The lowest BCUT2D eigenvalue weighted by Gasteiger charge is -2.37. The fourth-order valence-corrected chi connectivity index (χ4v) is 2.16. The molecule has 0 bridgehead atoms. The van der Waals surface area contributed by atoms with Crippen LogP contribution in [0.2, 0.25) is 0 Å². The molecule has 0 N–H and O–H groups in total. The summed E-state index contributed by atoms with van der Waals surface area (Å²) in [4.78, 5) is 11.1. The predicted octanol–water partition coefficient (Wildman–Crippen LogP) is 1.60. The molecular formula is C10H15FO3. The first-order chi connectivity index (χ1) is 6.56. The van der Waals surface area contributed by atoms with Gasteiger partial charge in [0.05, 0.1) is 13.2 Å². The first-order valence-corrected chi connectivity index (χ1v) is 5.04. The molecule has 0 unspecified atom stereocenters. The Kier molecular flexibility index (Phi) is 2.35. The molecular weight excluding hydrogens is 187 g/mol. The number of hydrogen-bond donors (Lipinski definition) is 0. The molecule has 1 heterocycles. The van der Waals surface area contributed by atoms with Crippen molar-refractivity contribution in [3.63, 3.8) is 0 Å². The molecule has 0 aromatic heterocycles. The minimum Gasteiger partial charge on any atom is -0.348 e. The highest BCUT2D eigenvalue weighted by Gasteiger charge is 2.48. The third-order valence-electron chi connectivity index (χ3n) is 3.25. The normalized spacial score (nSPS) is 29.3. The zero-order valence-electron chi connectivity index (χ0n) is 8.35. The van der Waals surface area contributed by atoms with Crippen LogP contribution >= 0.6 is 0 Å². The molecule has 0 radical (unpaired) electrons. The Bertz CT molecular complexity index is 236. The van der Waals surface area contributed by atoms with Gasteiger partial charge in [-0.1, -0.05) is 0 Å². The maximum absolute atomic E-state index is 13.9. The number of alkyl halides is 1. The van der Waals surface area contributed by atoms with E-state index in [1.807, 2.05) is 0 Å². The molecule has 1 aliphatic heterocycles. The first-order valence-electron chi connectivity index (χ1n) is 5.04. The van der Waals surface area contributed by atoms with E-state index in [4.69, 9.17) is 9.47 Å². The molecule has 3 nitrogen and oxygen atoms in total.